The van der Waals surface area contributed by atoms with Crippen LogP contribution in [0.5, 0.6) is 5.75 Å². The van der Waals surface area contributed by atoms with Crippen LogP contribution in [0, 0.1) is 12.8 Å². The lowest BCUT2D eigenvalue weighted by Gasteiger charge is -2.20. The number of nitrogens with one attached hydrogen (secondary N) is 1. The average Bonchev–Trinajstić information content (AvgIpc) is 2.46. The monoisotopic (exact) mass is 291 g/mol. The number of hydrogen-bond donors (Lipinski definition) is 1. The van der Waals surface area contributed by atoms with E-state index in [1.165, 1.54) is 36.8 Å². The molecule has 0 spiro atoms. The van der Waals surface area contributed by atoms with E-state index in [9.17, 15) is 0 Å². The van der Waals surface area contributed by atoms with E-state index in [2.05, 4.69) is 58.1 Å². The molecule has 2 nitrogen and oxygen atoms in total. The highest BCUT2D eigenvalue weighted by atomic mass is 16.5. The van der Waals surface area contributed by atoms with Crippen molar-refractivity contribution in [1.82, 2.24) is 5.32 Å². The second kappa shape index (κ2) is 9.83. The van der Waals surface area contributed by atoms with Crippen molar-refractivity contribution in [3.05, 3.63) is 29.3 Å². The van der Waals surface area contributed by atoms with Crippen molar-refractivity contribution in [3.8, 4) is 5.75 Å². The van der Waals surface area contributed by atoms with Crippen LogP contribution in [0.4, 0.5) is 0 Å². The second-order valence-electron chi connectivity index (χ2n) is 6.33. The van der Waals surface area contributed by atoms with Crippen LogP contribution >= 0.6 is 0 Å². The van der Waals surface area contributed by atoms with Crippen molar-refractivity contribution in [1.29, 1.82) is 0 Å². The normalized spacial score (nSPS) is 12.7. The third-order valence-corrected chi connectivity index (χ3v) is 4.00. The standard InChI is InChI=1S/C19H33NO/c1-6-8-11-17(7-2)14-21-19-16(5)10-9-12-18(19)13-20-15(3)4/h9-10,12,15,17,20H,6-8,11,13-14H2,1-5H3. The minimum Gasteiger partial charge on any atom is -0.493 e. The molecule has 0 aliphatic rings. The third kappa shape index (κ3) is 6.52. The highest BCUT2D eigenvalue weighted by molar-refractivity contribution is 5.40. The van der Waals surface area contributed by atoms with E-state index in [-0.39, 0.29) is 0 Å². The molecular weight excluding hydrogens is 258 g/mol. The summed E-state index contributed by atoms with van der Waals surface area (Å²) in [7, 11) is 0. The molecule has 0 heterocycles. The molecule has 2 heteroatoms. The van der Waals surface area contributed by atoms with E-state index in [1.54, 1.807) is 0 Å². The Labute approximate surface area is 131 Å². The number of hydrogen-bond acceptors (Lipinski definition) is 2. The zero-order chi connectivity index (χ0) is 15.7. The second-order valence-corrected chi connectivity index (χ2v) is 6.33. The van der Waals surface area contributed by atoms with Crippen LogP contribution in [-0.4, -0.2) is 12.6 Å². The molecule has 0 saturated heterocycles. The van der Waals surface area contributed by atoms with Gasteiger partial charge in [-0.15, -0.1) is 0 Å². The Morgan fingerprint density at radius 1 is 1.19 bits per heavy atom. The van der Waals surface area contributed by atoms with Gasteiger partial charge in [0.1, 0.15) is 5.75 Å². The molecule has 1 N–H and O–H groups in total. The molecule has 0 bridgehead atoms. The van der Waals surface area contributed by atoms with Crippen molar-refractivity contribution in [3.63, 3.8) is 0 Å². The van der Waals surface area contributed by atoms with Crippen molar-refractivity contribution >= 4 is 0 Å². The topological polar surface area (TPSA) is 21.3 Å². The fraction of sp³-hybridized carbons (Fsp3) is 0.684. The number of unbranched alkanes of at least 4 members (excludes halogenated alkanes) is 1. The zero-order valence-corrected chi connectivity index (χ0v) is 14.5. The summed E-state index contributed by atoms with van der Waals surface area (Å²) in [4.78, 5) is 0. The third-order valence-electron chi connectivity index (χ3n) is 4.00. The molecule has 0 amide bonds. The Bertz CT molecular complexity index is 401. The molecule has 1 aromatic rings. The van der Waals surface area contributed by atoms with E-state index in [1.807, 2.05) is 0 Å². The molecule has 0 aliphatic heterocycles. The lowest BCUT2D eigenvalue weighted by molar-refractivity contribution is 0.230. The van der Waals surface area contributed by atoms with E-state index in [0.717, 1.165) is 18.9 Å². The first kappa shape index (κ1) is 18.0. The smallest absolute Gasteiger partial charge is 0.126 e. The summed E-state index contributed by atoms with van der Waals surface area (Å²) < 4.78 is 6.21. The van der Waals surface area contributed by atoms with Gasteiger partial charge in [-0.25, -0.2) is 0 Å². The van der Waals surface area contributed by atoms with Crippen molar-refractivity contribution < 1.29 is 4.74 Å². The molecule has 1 rings (SSSR count). The summed E-state index contributed by atoms with van der Waals surface area (Å²) in [6.07, 6.45) is 5.05. The highest BCUT2D eigenvalue weighted by Gasteiger charge is 2.11. The largest absolute Gasteiger partial charge is 0.493 e. The van der Waals surface area contributed by atoms with Gasteiger partial charge in [0.05, 0.1) is 6.61 Å². The number of rotatable bonds is 10. The van der Waals surface area contributed by atoms with Crippen molar-refractivity contribution in [2.75, 3.05) is 6.61 Å². The maximum Gasteiger partial charge on any atom is 0.126 e. The molecule has 21 heavy (non-hydrogen) atoms. The molecule has 1 atom stereocenters. The Hall–Kier alpha value is -1.02. The van der Waals surface area contributed by atoms with Gasteiger partial charge in [0.15, 0.2) is 0 Å². The number of ether oxygens (including phenoxy) is 1. The van der Waals surface area contributed by atoms with Gasteiger partial charge in [-0.3, -0.25) is 0 Å². The van der Waals surface area contributed by atoms with Gasteiger partial charge in [-0.05, 0) is 24.8 Å². The summed E-state index contributed by atoms with van der Waals surface area (Å²) >= 11 is 0. The first-order chi connectivity index (χ1) is 10.1. The minimum atomic E-state index is 0.492. The van der Waals surface area contributed by atoms with Crippen molar-refractivity contribution in [2.45, 2.75) is 72.9 Å². The summed E-state index contributed by atoms with van der Waals surface area (Å²) in [6, 6.07) is 6.92. The maximum atomic E-state index is 6.21. The van der Waals surface area contributed by atoms with Gasteiger partial charge >= 0.3 is 0 Å². The minimum absolute atomic E-state index is 0.492. The van der Waals surface area contributed by atoms with E-state index < -0.39 is 0 Å². The Morgan fingerprint density at radius 3 is 2.57 bits per heavy atom. The molecule has 1 unspecified atom stereocenters. The molecule has 120 valence electrons. The number of aryl methyl sites for hydroxylation is 1. The fourth-order valence-corrected chi connectivity index (χ4v) is 2.47. The molecule has 0 aromatic heterocycles. The Kier molecular flexibility index (Phi) is 8.44. The van der Waals surface area contributed by atoms with Gasteiger partial charge in [0.25, 0.3) is 0 Å². The van der Waals surface area contributed by atoms with Crippen molar-refractivity contribution in [2.24, 2.45) is 5.92 Å². The van der Waals surface area contributed by atoms with Crippen LogP contribution < -0.4 is 10.1 Å². The lowest BCUT2D eigenvalue weighted by Crippen LogP contribution is -2.22. The molecule has 0 aliphatic carbocycles. The molecule has 0 saturated carbocycles. The van der Waals surface area contributed by atoms with Crippen LogP contribution in [0.15, 0.2) is 18.2 Å². The first-order valence-electron chi connectivity index (χ1n) is 8.53. The summed E-state index contributed by atoms with van der Waals surface area (Å²) in [5.74, 6) is 1.76. The molecule has 1 aromatic carbocycles. The van der Waals surface area contributed by atoms with E-state index >= 15 is 0 Å². The Balaban J connectivity index is 2.67. The first-order valence-corrected chi connectivity index (χ1v) is 8.53. The fourth-order valence-electron chi connectivity index (χ4n) is 2.47. The zero-order valence-electron chi connectivity index (χ0n) is 14.5. The van der Waals surface area contributed by atoms with Gasteiger partial charge in [-0.2, -0.15) is 0 Å². The number of benzene rings is 1. The predicted octanol–water partition coefficient (Wildman–Crippen LogP) is 5.09. The number of para-hydroxylation sites is 1. The lowest BCUT2D eigenvalue weighted by atomic mass is 10.0. The van der Waals surface area contributed by atoms with Gasteiger partial charge < -0.3 is 10.1 Å². The Morgan fingerprint density at radius 2 is 1.95 bits per heavy atom. The molecular formula is C19H33NO. The summed E-state index contributed by atoms with van der Waals surface area (Å²) in [5.41, 5.74) is 2.51. The van der Waals surface area contributed by atoms with Crippen LogP contribution in [0.2, 0.25) is 0 Å². The van der Waals surface area contributed by atoms with Crippen LogP contribution in [0.3, 0.4) is 0 Å². The summed E-state index contributed by atoms with van der Waals surface area (Å²) in [5, 5.41) is 3.49. The SMILES string of the molecule is CCCCC(CC)COc1c(C)cccc1CNC(C)C. The van der Waals surface area contributed by atoms with Gasteiger partial charge in [-0.1, -0.05) is 65.2 Å². The van der Waals surface area contributed by atoms with Gasteiger partial charge in [0, 0.05) is 18.2 Å². The highest BCUT2D eigenvalue weighted by Crippen LogP contribution is 2.25. The average molecular weight is 291 g/mol. The predicted molar refractivity (Wildman–Crippen MR) is 92.0 cm³/mol. The quantitative estimate of drug-likeness (QED) is 0.648. The van der Waals surface area contributed by atoms with Crippen LogP contribution in [0.1, 0.15) is 64.5 Å². The van der Waals surface area contributed by atoms with E-state index in [4.69, 9.17) is 4.74 Å². The van der Waals surface area contributed by atoms with Gasteiger partial charge in [0.2, 0.25) is 0 Å². The van der Waals surface area contributed by atoms with Crippen LogP contribution in [-0.2, 0) is 6.54 Å². The summed E-state index contributed by atoms with van der Waals surface area (Å²) in [6.45, 7) is 12.7. The molecule has 0 radical (unpaired) electrons. The maximum absolute atomic E-state index is 6.21. The molecule has 0 fully saturated rings. The van der Waals surface area contributed by atoms with Crippen LogP contribution in [0.25, 0.3) is 0 Å². The van der Waals surface area contributed by atoms with E-state index in [0.29, 0.717) is 12.0 Å².